The highest BCUT2D eigenvalue weighted by Crippen LogP contribution is 2.11. The van der Waals surface area contributed by atoms with Gasteiger partial charge in [0.2, 0.25) is 0 Å². The highest BCUT2D eigenvalue weighted by Gasteiger charge is 2.11. The first-order chi connectivity index (χ1) is 10.7. The third-order valence-electron chi connectivity index (χ3n) is 3.63. The third-order valence-corrected chi connectivity index (χ3v) is 3.63. The third kappa shape index (κ3) is 2.59. The van der Waals surface area contributed by atoms with Crippen molar-refractivity contribution in [3.63, 3.8) is 0 Å². The van der Waals surface area contributed by atoms with Crippen molar-refractivity contribution in [1.82, 2.24) is 24.1 Å². The van der Waals surface area contributed by atoms with Gasteiger partial charge in [-0.3, -0.25) is 4.79 Å². The summed E-state index contributed by atoms with van der Waals surface area (Å²) >= 11 is 0. The van der Waals surface area contributed by atoms with E-state index in [0.29, 0.717) is 23.6 Å². The van der Waals surface area contributed by atoms with Crippen LogP contribution in [-0.4, -0.2) is 31.3 Å². The summed E-state index contributed by atoms with van der Waals surface area (Å²) in [5, 5.41) is 4.90. The van der Waals surface area contributed by atoms with Crippen LogP contribution in [0.25, 0.3) is 16.7 Å². The maximum atomic E-state index is 12.5. The quantitative estimate of drug-likeness (QED) is 0.649. The van der Waals surface area contributed by atoms with Gasteiger partial charge in [0.05, 0.1) is 10.9 Å². The van der Waals surface area contributed by atoms with Crippen molar-refractivity contribution >= 4 is 16.7 Å². The first-order valence-corrected chi connectivity index (χ1v) is 7.47. The average Bonchev–Trinajstić information content (AvgIpc) is 2.93. The topological polar surface area (TPSA) is 74.3 Å². The van der Waals surface area contributed by atoms with E-state index in [9.17, 15) is 4.79 Å². The summed E-state index contributed by atoms with van der Waals surface area (Å²) in [7, 11) is 1.59. The van der Waals surface area contributed by atoms with Gasteiger partial charge >= 0.3 is 0 Å². The van der Waals surface area contributed by atoms with E-state index in [1.165, 1.54) is 0 Å². The number of methoxy groups -OCH3 is 1. The Morgan fingerprint density at radius 3 is 2.95 bits per heavy atom. The molecule has 3 heterocycles. The van der Waals surface area contributed by atoms with Gasteiger partial charge < -0.3 is 9.30 Å². The Morgan fingerprint density at radius 1 is 1.32 bits per heavy atom. The lowest BCUT2D eigenvalue weighted by Gasteiger charge is -2.07. The van der Waals surface area contributed by atoms with E-state index >= 15 is 0 Å². The summed E-state index contributed by atoms with van der Waals surface area (Å²) in [5.74, 6) is 1.03. The van der Waals surface area contributed by atoms with Crippen LogP contribution in [0.2, 0.25) is 0 Å². The molecule has 116 valence electrons. The Morgan fingerprint density at radius 2 is 2.18 bits per heavy atom. The summed E-state index contributed by atoms with van der Waals surface area (Å²) in [6.45, 7) is 3.19. The van der Waals surface area contributed by atoms with Gasteiger partial charge in [-0.1, -0.05) is 19.8 Å². The predicted molar refractivity (Wildman–Crippen MR) is 82.8 cm³/mol. The summed E-state index contributed by atoms with van der Waals surface area (Å²) in [6.07, 6.45) is 6.64. The zero-order chi connectivity index (χ0) is 15.5. The van der Waals surface area contributed by atoms with E-state index in [4.69, 9.17) is 4.74 Å². The molecule has 3 aromatic rings. The highest BCUT2D eigenvalue weighted by molar-refractivity contribution is 5.78. The fraction of sp³-hybridized carbons (Fsp3) is 0.467. The van der Waals surface area contributed by atoms with E-state index in [0.717, 1.165) is 31.3 Å². The normalized spacial score (nSPS) is 11.5. The van der Waals surface area contributed by atoms with Crippen molar-refractivity contribution in [2.75, 3.05) is 7.11 Å². The minimum atomic E-state index is -0.0354. The molecule has 0 aliphatic rings. The largest absolute Gasteiger partial charge is 0.377 e. The Hall–Kier alpha value is -2.28. The molecule has 0 aliphatic heterocycles. The number of unbranched alkanes of at least 4 members (excludes halogenated alkanes) is 2. The monoisotopic (exact) mass is 301 g/mol. The smallest absolute Gasteiger partial charge is 0.261 e. The lowest BCUT2D eigenvalue weighted by Crippen LogP contribution is -2.20. The number of hydrogen-bond acceptors (Lipinski definition) is 5. The number of aromatic nitrogens is 5. The number of ether oxygens (including phenoxy) is 1. The standard InChI is InChI=1S/C15H19N5O2/c1-3-4-5-7-19-8-6-12-11(14(19)21)9-16-15-17-13(10-22-2)18-20(12)15/h6,8-9H,3-5,7,10H2,1-2H3. The Bertz CT molecular complexity index is 852. The number of nitrogens with zero attached hydrogens (tertiary/aromatic N) is 5. The molecule has 7 heteroatoms. The van der Waals surface area contributed by atoms with E-state index in [-0.39, 0.29) is 5.56 Å². The molecule has 7 nitrogen and oxygen atoms in total. The molecule has 22 heavy (non-hydrogen) atoms. The first kappa shape index (κ1) is 14.6. The van der Waals surface area contributed by atoms with Gasteiger partial charge in [-0.2, -0.15) is 9.50 Å². The van der Waals surface area contributed by atoms with Crippen molar-refractivity contribution in [2.24, 2.45) is 0 Å². The molecule has 0 atom stereocenters. The zero-order valence-electron chi connectivity index (χ0n) is 12.8. The van der Waals surface area contributed by atoms with Gasteiger partial charge in [0.1, 0.15) is 6.61 Å². The molecule has 0 radical (unpaired) electrons. The number of pyridine rings is 1. The van der Waals surface area contributed by atoms with Crippen molar-refractivity contribution < 1.29 is 4.74 Å². The number of hydrogen-bond donors (Lipinski definition) is 0. The number of rotatable bonds is 6. The number of fused-ring (bicyclic) bond motifs is 3. The second-order valence-corrected chi connectivity index (χ2v) is 5.25. The molecule has 0 fully saturated rings. The van der Waals surface area contributed by atoms with Gasteiger partial charge in [-0.05, 0) is 12.5 Å². The molecule has 3 rings (SSSR count). The van der Waals surface area contributed by atoms with Crippen molar-refractivity contribution in [1.29, 1.82) is 0 Å². The van der Waals surface area contributed by atoms with Crippen LogP contribution in [-0.2, 0) is 17.9 Å². The average molecular weight is 301 g/mol. The van der Waals surface area contributed by atoms with Crippen molar-refractivity contribution in [3.05, 3.63) is 34.6 Å². The van der Waals surface area contributed by atoms with Crippen LogP contribution in [0.4, 0.5) is 0 Å². The second kappa shape index (κ2) is 6.23. The molecular weight excluding hydrogens is 282 g/mol. The highest BCUT2D eigenvalue weighted by atomic mass is 16.5. The van der Waals surface area contributed by atoms with Crippen molar-refractivity contribution in [3.8, 4) is 0 Å². The van der Waals surface area contributed by atoms with Crippen LogP contribution >= 0.6 is 0 Å². The molecule has 0 aliphatic carbocycles. The predicted octanol–water partition coefficient (Wildman–Crippen LogP) is 1.78. The summed E-state index contributed by atoms with van der Waals surface area (Å²) in [6, 6.07) is 1.89. The van der Waals surface area contributed by atoms with Gasteiger partial charge in [-0.15, -0.1) is 5.10 Å². The van der Waals surface area contributed by atoms with E-state index in [2.05, 4.69) is 22.0 Å². The lowest BCUT2D eigenvalue weighted by atomic mass is 10.2. The SMILES string of the molecule is CCCCCn1ccc2c(cnc3nc(COC)nn32)c1=O. The van der Waals surface area contributed by atoms with Crippen LogP contribution in [0.15, 0.2) is 23.3 Å². The Kier molecular flexibility index (Phi) is 4.15. The maximum Gasteiger partial charge on any atom is 0.261 e. The van der Waals surface area contributed by atoms with Crippen molar-refractivity contribution in [2.45, 2.75) is 39.3 Å². The molecule has 0 saturated heterocycles. The van der Waals surface area contributed by atoms with Crippen LogP contribution in [0.3, 0.4) is 0 Å². The summed E-state index contributed by atoms with van der Waals surface area (Å²) < 4.78 is 8.37. The molecule has 0 unspecified atom stereocenters. The van der Waals surface area contributed by atoms with E-state index in [1.807, 2.05) is 12.3 Å². The molecule has 0 amide bonds. The molecule has 0 bridgehead atoms. The van der Waals surface area contributed by atoms with E-state index in [1.54, 1.807) is 22.4 Å². The molecular formula is C15H19N5O2. The molecule has 3 aromatic heterocycles. The van der Waals surface area contributed by atoms with E-state index < -0.39 is 0 Å². The molecule has 0 saturated carbocycles. The summed E-state index contributed by atoms with van der Waals surface area (Å²) in [5.41, 5.74) is 0.684. The fourth-order valence-corrected chi connectivity index (χ4v) is 2.50. The van der Waals surface area contributed by atoms with Gasteiger partial charge in [0.15, 0.2) is 5.82 Å². The minimum Gasteiger partial charge on any atom is -0.377 e. The maximum absolute atomic E-state index is 12.5. The van der Waals surface area contributed by atoms with Crippen LogP contribution in [0.1, 0.15) is 32.0 Å². The molecule has 0 spiro atoms. The Labute approximate surface area is 127 Å². The molecule has 0 N–H and O–H groups in total. The van der Waals surface area contributed by atoms with Gasteiger partial charge in [0, 0.05) is 26.0 Å². The second-order valence-electron chi connectivity index (χ2n) is 5.25. The first-order valence-electron chi connectivity index (χ1n) is 7.47. The molecule has 0 aromatic carbocycles. The zero-order valence-corrected chi connectivity index (χ0v) is 12.8. The van der Waals surface area contributed by atoms with Gasteiger partial charge in [-0.25, -0.2) is 4.98 Å². The van der Waals surface area contributed by atoms with Gasteiger partial charge in [0.25, 0.3) is 11.3 Å². The fourth-order valence-electron chi connectivity index (χ4n) is 2.50. The number of aryl methyl sites for hydroxylation is 1. The minimum absolute atomic E-state index is 0.0354. The summed E-state index contributed by atoms with van der Waals surface area (Å²) in [4.78, 5) is 21.0. The Balaban J connectivity index is 2.07. The van der Waals surface area contributed by atoms with Crippen LogP contribution < -0.4 is 5.56 Å². The van der Waals surface area contributed by atoms with Crippen LogP contribution in [0, 0.1) is 0 Å². The van der Waals surface area contributed by atoms with Crippen LogP contribution in [0.5, 0.6) is 0 Å². The lowest BCUT2D eigenvalue weighted by molar-refractivity contribution is 0.178.